The molecule has 2 heterocycles. The second kappa shape index (κ2) is 8.86. The van der Waals surface area contributed by atoms with Crippen molar-refractivity contribution in [2.75, 3.05) is 32.7 Å². The number of aryl methyl sites for hydroxylation is 1. The van der Waals surface area contributed by atoms with E-state index in [4.69, 9.17) is 27.7 Å². The third-order valence-corrected chi connectivity index (χ3v) is 4.97. The van der Waals surface area contributed by atoms with Gasteiger partial charge in [0.15, 0.2) is 0 Å². The molecular formula is C18H22Cl2N4O2. The lowest BCUT2D eigenvalue weighted by molar-refractivity contribution is -0.122. The van der Waals surface area contributed by atoms with Gasteiger partial charge in [0.25, 0.3) is 0 Å². The van der Waals surface area contributed by atoms with Crippen LogP contribution in [-0.4, -0.2) is 53.6 Å². The van der Waals surface area contributed by atoms with E-state index in [9.17, 15) is 4.79 Å². The van der Waals surface area contributed by atoms with E-state index in [0.29, 0.717) is 23.1 Å². The van der Waals surface area contributed by atoms with Gasteiger partial charge < -0.3 is 9.84 Å². The van der Waals surface area contributed by atoms with Crippen LogP contribution < -0.4 is 5.32 Å². The van der Waals surface area contributed by atoms with Gasteiger partial charge in [0, 0.05) is 55.4 Å². The van der Waals surface area contributed by atoms with Crippen LogP contribution in [0.5, 0.6) is 0 Å². The summed E-state index contributed by atoms with van der Waals surface area (Å²) in [6.45, 7) is 6.99. The number of benzene rings is 1. The second-order valence-corrected chi connectivity index (χ2v) is 7.34. The first-order valence-electron chi connectivity index (χ1n) is 8.57. The highest BCUT2D eigenvalue weighted by Gasteiger charge is 2.20. The van der Waals surface area contributed by atoms with Gasteiger partial charge in [0.1, 0.15) is 5.76 Å². The highest BCUT2D eigenvalue weighted by molar-refractivity contribution is 6.35. The predicted molar refractivity (Wildman–Crippen MR) is 101 cm³/mol. The first-order chi connectivity index (χ1) is 12.5. The van der Waals surface area contributed by atoms with E-state index in [1.807, 2.05) is 19.1 Å². The standard InChI is InChI=1S/C18H22Cl2N4O2/c1-13-8-16(22-26-13)11-23-4-6-24(7-5-23)12-18(25)21-10-14-2-3-15(19)9-17(14)20/h2-3,8-9H,4-7,10-12H2,1H3,(H,21,25). The van der Waals surface area contributed by atoms with Crippen LogP contribution in [0.1, 0.15) is 17.0 Å². The zero-order valence-electron chi connectivity index (χ0n) is 14.7. The van der Waals surface area contributed by atoms with Gasteiger partial charge >= 0.3 is 0 Å². The van der Waals surface area contributed by atoms with Crippen molar-refractivity contribution in [3.05, 3.63) is 51.3 Å². The molecule has 6 nitrogen and oxygen atoms in total. The Balaban J connectivity index is 1.39. The summed E-state index contributed by atoms with van der Waals surface area (Å²) in [5, 5.41) is 8.10. The molecule has 8 heteroatoms. The lowest BCUT2D eigenvalue weighted by atomic mass is 10.2. The number of nitrogens with zero attached hydrogens (tertiary/aromatic N) is 3. The van der Waals surface area contributed by atoms with Crippen molar-refractivity contribution in [3.63, 3.8) is 0 Å². The molecule has 0 unspecified atom stereocenters. The van der Waals surface area contributed by atoms with Crippen molar-refractivity contribution in [2.45, 2.75) is 20.0 Å². The summed E-state index contributed by atoms with van der Waals surface area (Å²) in [5.41, 5.74) is 1.81. The fourth-order valence-electron chi connectivity index (χ4n) is 2.94. The van der Waals surface area contributed by atoms with Crippen LogP contribution in [0.4, 0.5) is 0 Å². The first kappa shape index (κ1) is 19.2. The van der Waals surface area contributed by atoms with Crippen LogP contribution in [0.3, 0.4) is 0 Å². The van der Waals surface area contributed by atoms with Gasteiger partial charge in [0.05, 0.1) is 12.2 Å². The zero-order valence-corrected chi connectivity index (χ0v) is 16.2. The van der Waals surface area contributed by atoms with E-state index in [2.05, 4.69) is 20.3 Å². The molecule has 0 saturated carbocycles. The molecule has 0 spiro atoms. The number of piperazine rings is 1. The smallest absolute Gasteiger partial charge is 0.234 e. The SMILES string of the molecule is Cc1cc(CN2CCN(CC(=O)NCc3ccc(Cl)cc3Cl)CC2)no1. The van der Waals surface area contributed by atoms with Crippen molar-refractivity contribution < 1.29 is 9.32 Å². The Morgan fingerprint density at radius 1 is 1.19 bits per heavy atom. The molecule has 0 atom stereocenters. The molecule has 0 bridgehead atoms. The number of rotatable bonds is 6. The summed E-state index contributed by atoms with van der Waals surface area (Å²) >= 11 is 12.0. The maximum Gasteiger partial charge on any atom is 0.234 e. The first-order valence-corrected chi connectivity index (χ1v) is 9.33. The van der Waals surface area contributed by atoms with Gasteiger partial charge in [-0.05, 0) is 24.6 Å². The van der Waals surface area contributed by atoms with Gasteiger partial charge in [-0.25, -0.2) is 0 Å². The molecule has 3 rings (SSSR count). The average molecular weight is 397 g/mol. The molecular weight excluding hydrogens is 375 g/mol. The Labute approximate surface area is 163 Å². The maximum atomic E-state index is 12.2. The Kier molecular flexibility index (Phi) is 6.53. The van der Waals surface area contributed by atoms with Gasteiger partial charge in [-0.15, -0.1) is 0 Å². The van der Waals surface area contributed by atoms with Crippen molar-refractivity contribution in [3.8, 4) is 0 Å². The minimum absolute atomic E-state index is 0.00315. The number of aromatic nitrogens is 1. The fraction of sp³-hybridized carbons (Fsp3) is 0.444. The molecule has 2 aromatic rings. The largest absolute Gasteiger partial charge is 0.361 e. The van der Waals surface area contributed by atoms with Crippen LogP contribution in [-0.2, 0) is 17.9 Å². The highest BCUT2D eigenvalue weighted by atomic mass is 35.5. The molecule has 0 aliphatic carbocycles. The molecule has 1 aromatic heterocycles. The Bertz CT molecular complexity index is 757. The lowest BCUT2D eigenvalue weighted by Gasteiger charge is -2.33. The van der Waals surface area contributed by atoms with Gasteiger partial charge in [-0.1, -0.05) is 34.4 Å². The third kappa shape index (κ3) is 5.45. The molecule has 1 aromatic carbocycles. The van der Waals surface area contributed by atoms with Crippen molar-refractivity contribution in [2.24, 2.45) is 0 Å². The van der Waals surface area contributed by atoms with Crippen LogP contribution in [0.15, 0.2) is 28.8 Å². The number of halogens is 2. The molecule has 1 N–H and O–H groups in total. The van der Waals surface area contributed by atoms with Crippen LogP contribution in [0.2, 0.25) is 10.0 Å². The maximum absolute atomic E-state index is 12.2. The third-order valence-electron chi connectivity index (χ3n) is 4.39. The summed E-state index contributed by atoms with van der Waals surface area (Å²) in [6.07, 6.45) is 0. The number of carbonyl (C=O) groups is 1. The summed E-state index contributed by atoms with van der Waals surface area (Å²) in [7, 11) is 0. The predicted octanol–water partition coefficient (Wildman–Crippen LogP) is 2.72. The van der Waals surface area contributed by atoms with Gasteiger partial charge in [-0.2, -0.15) is 0 Å². The molecule has 140 valence electrons. The topological polar surface area (TPSA) is 61.6 Å². The molecule has 1 aliphatic rings. The molecule has 26 heavy (non-hydrogen) atoms. The Hall–Kier alpha value is -1.60. The van der Waals surface area contributed by atoms with E-state index in [1.54, 1.807) is 12.1 Å². The number of amides is 1. The van der Waals surface area contributed by atoms with Gasteiger partial charge in [0.2, 0.25) is 5.91 Å². The quantitative estimate of drug-likeness (QED) is 0.812. The molecule has 0 radical (unpaired) electrons. The minimum Gasteiger partial charge on any atom is -0.361 e. The van der Waals surface area contributed by atoms with Crippen LogP contribution in [0.25, 0.3) is 0 Å². The van der Waals surface area contributed by atoms with Crippen molar-refractivity contribution in [1.82, 2.24) is 20.3 Å². The average Bonchev–Trinajstić information content (AvgIpc) is 3.01. The Morgan fingerprint density at radius 2 is 1.92 bits per heavy atom. The summed E-state index contributed by atoms with van der Waals surface area (Å²) < 4.78 is 5.10. The van der Waals surface area contributed by atoms with E-state index >= 15 is 0 Å². The van der Waals surface area contributed by atoms with Crippen molar-refractivity contribution >= 4 is 29.1 Å². The fourth-order valence-corrected chi connectivity index (χ4v) is 3.42. The van der Waals surface area contributed by atoms with E-state index in [0.717, 1.165) is 49.7 Å². The monoisotopic (exact) mass is 396 g/mol. The van der Waals surface area contributed by atoms with E-state index in [-0.39, 0.29) is 5.91 Å². The van der Waals surface area contributed by atoms with E-state index < -0.39 is 0 Å². The second-order valence-electron chi connectivity index (χ2n) is 6.49. The normalized spacial score (nSPS) is 16.0. The highest BCUT2D eigenvalue weighted by Crippen LogP contribution is 2.20. The summed E-state index contributed by atoms with van der Waals surface area (Å²) in [6, 6.07) is 7.24. The number of hydrogen-bond acceptors (Lipinski definition) is 5. The van der Waals surface area contributed by atoms with Crippen molar-refractivity contribution in [1.29, 1.82) is 0 Å². The zero-order chi connectivity index (χ0) is 18.5. The summed E-state index contributed by atoms with van der Waals surface area (Å²) in [5.74, 6) is 0.827. The minimum atomic E-state index is -0.00315. The molecule has 1 fully saturated rings. The lowest BCUT2D eigenvalue weighted by Crippen LogP contribution is -2.49. The van der Waals surface area contributed by atoms with Crippen LogP contribution >= 0.6 is 23.2 Å². The van der Waals surface area contributed by atoms with Crippen LogP contribution in [0, 0.1) is 6.92 Å². The Morgan fingerprint density at radius 3 is 2.58 bits per heavy atom. The molecule has 1 saturated heterocycles. The van der Waals surface area contributed by atoms with E-state index in [1.165, 1.54) is 0 Å². The number of hydrogen-bond donors (Lipinski definition) is 1. The van der Waals surface area contributed by atoms with Gasteiger partial charge in [-0.3, -0.25) is 14.6 Å². The number of carbonyl (C=O) groups excluding carboxylic acids is 1. The number of nitrogens with one attached hydrogen (secondary N) is 1. The molecule has 1 aliphatic heterocycles. The summed E-state index contributed by atoms with van der Waals surface area (Å²) in [4.78, 5) is 16.7. The molecule has 1 amide bonds.